The molecule has 2 nitrogen and oxygen atoms in total. The van der Waals surface area contributed by atoms with Gasteiger partial charge in [-0.25, -0.2) is 0 Å². The number of rotatable bonds is 3. The van der Waals surface area contributed by atoms with Gasteiger partial charge in [0.25, 0.3) is 0 Å². The van der Waals surface area contributed by atoms with Crippen molar-refractivity contribution < 1.29 is 9.53 Å². The second kappa shape index (κ2) is 7.71. The van der Waals surface area contributed by atoms with E-state index in [1.807, 2.05) is 11.8 Å². The monoisotopic (exact) mass is 254 g/mol. The maximum absolute atomic E-state index is 11.2. The van der Waals surface area contributed by atoms with E-state index >= 15 is 0 Å². The van der Waals surface area contributed by atoms with Crippen LogP contribution >= 0.6 is 35.1 Å². The van der Waals surface area contributed by atoms with E-state index in [0.29, 0.717) is 12.3 Å². The number of carbonyl (C=O) groups excluding carboxylic acids is 1. The minimum absolute atomic E-state index is 0.0380. The van der Waals surface area contributed by atoms with Crippen molar-refractivity contribution in [1.29, 1.82) is 0 Å². The number of esters is 1. The molecular weight excluding hydrogens is 240 g/mol. The molecule has 0 amide bonds. The molecule has 0 aromatic rings. The molecule has 5 heteroatoms. The molecular formula is C9H15ClO2S2. The molecule has 0 spiro atoms. The highest BCUT2D eigenvalue weighted by Gasteiger charge is 2.16. The Morgan fingerprint density at radius 2 is 2.21 bits per heavy atom. The number of halogens is 1. The quantitative estimate of drug-likeness (QED) is 0.572. The predicted octanol–water partition coefficient (Wildman–Crippen LogP) is 2.74. The number of ether oxygens (including phenoxy) is 1. The molecule has 0 aliphatic carbocycles. The topological polar surface area (TPSA) is 26.3 Å². The van der Waals surface area contributed by atoms with Crippen LogP contribution in [0, 0.1) is 0 Å². The summed E-state index contributed by atoms with van der Waals surface area (Å²) >= 11 is 9.07. The van der Waals surface area contributed by atoms with Crippen LogP contribution in [0.3, 0.4) is 0 Å². The van der Waals surface area contributed by atoms with E-state index in [9.17, 15) is 4.79 Å². The molecule has 82 valence electrons. The van der Waals surface area contributed by atoms with E-state index in [1.165, 1.54) is 18.6 Å². The van der Waals surface area contributed by atoms with Gasteiger partial charge >= 0.3 is 5.97 Å². The van der Waals surface area contributed by atoms with Gasteiger partial charge in [0.1, 0.15) is 0 Å². The lowest BCUT2D eigenvalue weighted by molar-refractivity contribution is -0.143. The molecule has 1 rings (SSSR count). The molecule has 1 aliphatic rings. The van der Waals surface area contributed by atoms with Crippen molar-refractivity contribution in [2.75, 3.05) is 23.1 Å². The second-order valence-electron chi connectivity index (χ2n) is 3.01. The first-order valence-electron chi connectivity index (χ1n) is 4.77. The Labute approximate surface area is 98.5 Å². The molecule has 0 N–H and O–H groups in total. The largest absolute Gasteiger partial charge is 0.450 e. The molecule has 0 bridgehead atoms. The van der Waals surface area contributed by atoms with Gasteiger partial charge in [-0.15, -0.1) is 23.4 Å². The standard InChI is InChI=1S/C9H15ClO2S2/c10-4-3-8(11)12-9-7-13-5-1-2-6-14-9/h9H,1-7H2. The Balaban J connectivity index is 2.22. The molecule has 1 fully saturated rings. The Morgan fingerprint density at radius 1 is 1.43 bits per heavy atom. The third-order valence-electron chi connectivity index (χ3n) is 1.80. The lowest BCUT2D eigenvalue weighted by atomic mass is 10.4. The van der Waals surface area contributed by atoms with Gasteiger partial charge in [0.05, 0.1) is 6.42 Å². The summed E-state index contributed by atoms with van der Waals surface area (Å²) < 4.78 is 5.29. The predicted molar refractivity (Wildman–Crippen MR) is 64.2 cm³/mol. The average molecular weight is 255 g/mol. The van der Waals surface area contributed by atoms with Crippen LogP contribution in [0.1, 0.15) is 19.3 Å². The van der Waals surface area contributed by atoms with Crippen LogP contribution < -0.4 is 0 Å². The summed E-state index contributed by atoms with van der Waals surface area (Å²) in [4.78, 5) is 11.2. The smallest absolute Gasteiger partial charge is 0.308 e. The third kappa shape index (κ3) is 5.37. The lowest BCUT2D eigenvalue weighted by Gasteiger charge is -2.19. The molecule has 1 aliphatic heterocycles. The number of thioether (sulfide) groups is 2. The van der Waals surface area contributed by atoms with Crippen molar-refractivity contribution >= 4 is 41.1 Å². The van der Waals surface area contributed by atoms with Crippen LogP contribution in [-0.4, -0.2) is 34.5 Å². The summed E-state index contributed by atoms with van der Waals surface area (Å²) in [7, 11) is 0. The highest BCUT2D eigenvalue weighted by molar-refractivity contribution is 8.03. The molecule has 0 radical (unpaired) electrons. The average Bonchev–Trinajstić information content (AvgIpc) is 2.10. The number of carbonyl (C=O) groups is 1. The van der Waals surface area contributed by atoms with Crippen molar-refractivity contribution in [2.24, 2.45) is 0 Å². The normalized spacial score (nSPS) is 23.6. The molecule has 0 saturated carbocycles. The van der Waals surface area contributed by atoms with Gasteiger partial charge in [0, 0.05) is 11.6 Å². The Hall–Kier alpha value is 0.460. The summed E-state index contributed by atoms with van der Waals surface area (Å²) in [6, 6.07) is 0. The van der Waals surface area contributed by atoms with E-state index in [4.69, 9.17) is 16.3 Å². The highest BCUT2D eigenvalue weighted by Crippen LogP contribution is 2.23. The van der Waals surface area contributed by atoms with E-state index < -0.39 is 0 Å². The van der Waals surface area contributed by atoms with E-state index in [1.54, 1.807) is 11.8 Å². The zero-order valence-electron chi connectivity index (χ0n) is 8.04. The van der Waals surface area contributed by atoms with Crippen molar-refractivity contribution in [3.8, 4) is 0 Å². The van der Waals surface area contributed by atoms with Gasteiger partial charge in [-0.1, -0.05) is 0 Å². The Bertz CT molecular complexity index is 170. The number of hydrogen-bond acceptors (Lipinski definition) is 4. The van der Waals surface area contributed by atoms with Crippen molar-refractivity contribution in [3.05, 3.63) is 0 Å². The molecule has 1 atom stereocenters. The maximum atomic E-state index is 11.2. The first-order valence-corrected chi connectivity index (χ1v) is 7.51. The highest BCUT2D eigenvalue weighted by atomic mass is 35.5. The van der Waals surface area contributed by atoms with E-state index in [2.05, 4.69) is 0 Å². The van der Waals surface area contributed by atoms with Crippen molar-refractivity contribution in [2.45, 2.75) is 24.7 Å². The van der Waals surface area contributed by atoms with Crippen LogP contribution in [0.2, 0.25) is 0 Å². The fourth-order valence-corrected chi connectivity index (χ4v) is 3.57. The zero-order chi connectivity index (χ0) is 10.2. The number of hydrogen-bond donors (Lipinski definition) is 0. The van der Waals surface area contributed by atoms with Crippen LogP contribution in [0.15, 0.2) is 0 Å². The van der Waals surface area contributed by atoms with Crippen molar-refractivity contribution in [1.82, 2.24) is 0 Å². The fourth-order valence-electron chi connectivity index (χ4n) is 1.10. The Kier molecular flexibility index (Phi) is 6.90. The summed E-state index contributed by atoms with van der Waals surface area (Å²) in [5, 5.41) is 0. The lowest BCUT2D eigenvalue weighted by Crippen LogP contribution is -2.19. The third-order valence-corrected chi connectivity index (χ3v) is 4.48. The van der Waals surface area contributed by atoms with Gasteiger partial charge < -0.3 is 4.74 Å². The van der Waals surface area contributed by atoms with Gasteiger partial charge in [-0.3, -0.25) is 4.79 Å². The maximum Gasteiger partial charge on any atom is 0.308 e. The number of alkyl halides is 1. The second-order valence-corrected chi connectivity index (χ2v) is 5.81. The van der Waals surface area contributed by atoms with Crippen LogP contribution in [0.25, 0.3) is 0 Å². The molecule has 0 aromatic heterocycles. The van der Waals surface area contributed by atoms with E-state index in [-0.39, 0.29) is 11.4 Å². The summed E-state index contributed by atoms with van der Waals surface area (Å²) in [5.74, 6) is 3.38. The van der Waals surface area contributed by atoms with Crippen LogP contribution in [0.4, 0.5) is 0 Å². The SMILES string of the molecule is O=C(CCCl)OC1CSCCCCS1. The first-order chi connectivity index (χ1) is 6.83. The first kappa shape index (κ1) is 12.5. The molecule has 0 aromatic carbocycles. The Morgan fingerprint density at radius 3 is 3.00 bits per heavy atom. The molecule has 1 unspecified atom stereocenters. The summed E-state index contributed by atoms with van der Waals surface area (Å²) in [6.45, 7) is 0. The molecule has 1 saturated heterocycles. The van der Waals surface area contributed by atoms with Gasteiger partial charge in [-0.2, -0.15) is 11.8 Å². The molecule has 1 heterocycles. The van der Waals surface area contributed by atoms with Crippen LogP contribution in [0.5, 0.6) is 0 Å². The molecule has 14 heavy (non-hydrogen) atoms. The summed E-state index contributed by atoms with van der Waals surface area (Å²) in [5.41, 5.74) is 0.0380. The van der Waals surface area contributed by atoms with Gasteiger partial charge in [-0.05, 0) is 24.3 Å². The summed E-state index contributed by atoms with van der Waals surface area (Å²) in [6.07, 6.45) is 2.82. The minimum Gasteiger partial charge on any atom is -0.450 e. The fraction of sp³-hybridized carbons (Fsp3) is 0.889. The zero-order valence-corrected chi connectivity index (χ0v) is 10.4. The van der Waals surface area contributed by atoms with Crippen LogP contribution in [-0.2, 0) is 9.53 Å². The van der Waals surface area contributed by atoms with Gasteiger partial charge in [0.15, 0.2) is 5.44 Å². The van der Waals surface area contributed by atoms with Crippen molar-refractivity contribution in [3.63, 3.8) is 0 Å². The van der Waals surface area contributed by atoms with Gasteiger partial charge in [0.2, 0.25) is 0 Å². The van der Waals surface area contributed by atoms with E-state index in [0.717, 1.165) is 11.5 Å². The minimum atomic E-state index is -0.168.